The Balaban J connectivity index is 1.83. The number of benzene rings is 1. The first kappa shape index (κ1) is 17.8. The lowest BCUT2D eigenvalue weighted by Crippen LogP contribution is -2.37. The topological polar surface area (TPSA) is 69.0 Å². The standard InChI is InChI=1S/C15H17F3N4O2/c1-11(14(23)20-7-4-8-22-10-19-9-21-22)24-13-6-3-2-5-12(13)15(16,17)18/h2-3,5-6,9-11H,4,7-8H2,1H3,(H,20,23). The van der Waals surface area contributed by atoms with Crippen molar-refractivity contribution in [3.63, 3.8) is 0 Å². The fourth-order valence-electron chi connectivity index (χ4n) is 1.99. The number of carbonyl (C=O) groups is 1. The predicted octanol–water partition coefficient (Wildman–Crippen LogP) is 2.27. The molecule has 0 aliphatic rings. The van der Waals surface area contributed by atoms with E-state index in [4.69, 9.17) is 4.74 Å². The highest BCUT2D eigenvalue weighted by atomic mass is 19.4. The molecular weight excluding hydrogens is 325 g/mol. The van der Waals surface area contributed by atoms with Crippen LogP contribution in [0.3, 0.4) is 0 Å². The lowest BCUT2D eigenvalue weighted by Gasteiger charge is -2.18. The second-order valence-corrected chi connectivity index (χ2v) is 5.06. The molecule has 0 aliphatic heterocycles. The number of nitrogens with one attached hydrogen (secondary N) is 1. The number of hydrogen-bond donors (Lipinski definition) is 1. The molecule has 24 heavy (non-hydrogen) atoms. The molecule has 1 amide bonds. The maximum atomic E-state index is 12.9. The van der Waals surface area contributed by atoms with Crippen LogP contribution < -0.4 is 10.1 Å². The Kier molecular flexibility index (Phi) is 5.78. The Hall–Kier alpha value is -2.58. The van der Waals surface area contributed by atoms with Gasteiger partial charge in [0.25, 0.3) is 5.91 Å². The highest BCUT2D eigenvalue weighted by Gasteiger charge is 2.34. The summed E-state index contributed by atoms with van der Waals surface area (Å²) in [7, 11) is 0. The average Bonchev–Trinajstić information content (AvgIpc) is 3.04. The maximum Gasteiger partial charge on any atom is 0.419 e. The zero-order chi connectivity index (χ0) is 17.6. The van der Waals surface area contributed by atoms with Gasteiger partial charge in [-0.2, -0.15) is 18.3 Å². The van der Waals surface area contributed by atoms with Gasteiger partial charge < -0.3 is 10.1 Å². The number of alkyl halides is 3. The van der Waals surface area contributed by atoms with Crippen molar-refractivity contribution >= 4 is 5.91 Å². The largest absolute Gasteiger partial charge is 0.480 e. The van der Waals surface area contributed by atoms with Gasteiger partial charge in [-0.25, -0.2) is 4.98 Å². The van der Waals surface area contributed by atoms with Crippen LogP contribution in [0.4, 0.5) is 13.2 Å². The molecule has 1 N–H and O–H groups in total. The van der Waals surface area contributed by atoms with Crippen LogP contribution in [0.1, 0.15) is 18.9 Å². The van der Waals surface area contributed by atoms with Crippen LogP contribution >= 0.6 is 0 Å². The molecule has 2 aromatic rings. The second kappa shape index (κ2) is 7.80. The van der Waals surface area contributed by atoms with Gasteiger partial charge >= 0.3 is 6.18 Å². The maximum absolute atomic E-state index is 12.9. The van der Waals surface area contributed by atoms with E-state index in [1.807, 2.05) is 0 Å². The minimum absolute atomic E-state index is 0.354. The van der Waals surface area contributed by atoms with Gasteiger partial charge in [0.2, 0.25) is 0 Å². The number of nitrogens with zero attached hydrogens (tertiary/aromatic N) is 3. The zero-order valence-electron chi connectivity index (χ0n) is 13.0. The molecule has 1 atom stereocenters. The summed E-state index contributed by atoms with van der Waals surface area (Å²) in [4.78, 5) is 15.7. The van der Waals surface area contributed by atoms with E-state index in [0.717, 1.165) is 6.07 Å². The smallest absolute Gasteiger partial charge is 0.419 e. The Labute approximate surface area is 136 Å². The number of rotatable bonds is 7. The van der Waals surface area contributed by atoms with Gasteiger partial charge in [0.05, 0.1) is 5.56 Å². The predicted molar refractivity (Wildman–Crippen MR) is 79.2 cm³/mol. The fraction of sp³-hybridized carbons (Fsp3) is 0.400. The Bertz CT molecular complexity index is 659. The highest BCUT2D eigenvalue weighted by molar-refractivity contribution is 5.80. The molecule has 6 nitrogen and oxygen atoms in total. The number of ether oxygens (including phenoxy) is 1. The summed E-state index contributed by atoms with van der Waals surface area (Å²) in [6.07, 6.45) is -2.00. The lowest BCUT2D eigenvalue weighted by molar-refractivity contribution is -0.140. The molecule has 0 aliphatic carbocycles. The van der Waals surface area contributed by atoms with E-state index in [9.17, 15) is 18.0 Å². The summed E-state index contributed by atoms with van der Waals surface area (Å²) in [6, 6.07) is 4.80. The van der Waals surface area contributed by atoms with Crippen LogP contribution in [0, 0.1) is 0 Å². The van der Waals surface area contributed by atoms with Gasteiger partial charge in [0.1, 0.15) is 18.4 Å². The normalized spacial score (nSPS) is 12.7. The summed E-state index contributed by atoms with van der Waals surface area (Å²) >= 11 is 0. The first-order valence-corrected chi connectivity index (χ1v) is 7.31. The van der Waals surface area contributed by atoms with Gasteiger partial charge in [-0.3, -0.25) is 9.48 Å². The number of aryl methyl sites for hydroxylation is 1. The molecule has 1 unspecified atom stereocenters. The van der Waals surface area contributed by atoms with Crippen LogP contribution in [0.2, 0.25) is 0 Å². The third-order valence-corrected chi connectivity index (χ3v) is 3.20. The molecule has 130 valence electrons. The summed E-state index contributed by atoms with van der Waals surface area (Å²) in [6.45, 7) is 2.33. The number of carbonyl (C=O) groups excluding carboxylic acids is 1. The van der Waals surface area contributed by atoms with Crippen LogP contribution in [-0.2, 0) is 17.5 Å². The van der Waals surface area contributed by atoms with Crippen molar-refractivity contribution in [1.29, 1.82) is 0 Å². The molecule has 0 spiro atoms. The van der Waals surface area contributed by atoms with Crippen molar-refractivity contribution in [2.24, 2.45) is 0 Å². The summed E-state index contributed by atoms with van der Waals surface area (Å²) in [5.41, 5.74) is -0.907. The summed E-state index contributed by atoms with van der Waals surface area (Å²) in [5.74, 6) is -0.846. The van der Waals surface area contributed by atoms with Gasteiger partial charge in [-0.15, -0.1) is 0 Å². The first-order valence-electron chi connectivity index (χ1n) is 7.31. The molecule has 1 heterocycles. The zero-order valence-corrected chi connectivity index (χ0v) is 13.0. The summed E-state index contributed by atoms with van der Waals surface area (Å²) < 4.78 is 45.5. The molecule has 0 radical (unpaired) electrons. The van der Waals surface area contributed by atoms with Crippen molar-refractivity contribution in [3.8, 4) is 5.75 Å². The Morgan fingerprint density at radius 2 is 2.12 bits per heavy atom. The fourth-order valence-corrected chi connectivity index (χ4v) is 1.99. The number of aromatic nitrogens is 3. The van der Waals surface area contributed by atoms with Gasteiger partial charge in [0, 0.05) is 13.1 Å². The Morgan fingerprint density at radius 1 is 1.38 bits per heavy atom. The molecule has 0 bridgehead atoms. The van der Waals surface area contributed by atoms with Gasteiger partial charge in [0.15, 0.2) is 6.10 Å². The second-order valence-electron chi connectivity index (χ2n) is 5.06. The van der Waals surface area contributed by atoms with Crippen LogP contribution in [0.25, 0.3) is 0 Å². The van der Waals surface area contributed by atoms with Crippen LogP contribution in [-0.4, -0.2) is 33.3 Å². The lowest BCUT2D eigenvalue weighted by atomic mass is 10.2. The number of amides is 1. The van der Waals surface area contributed by atoms with Crippen molar-refractivity contribution in [3.05, 3.63) is 42.5 Å². The number of halogens is 3. The van der Waals surface area contributed by atoms with E-state index in [1.165, 1.54) is 31.5 Å². The molecule has 2 rings (SSSR count). The number of hydrogen-bond acceptors (Lipinski definition) is 4. The molecule has 9 heteroatoms. The van der Waals surface area contributed by atoms with Crippen LogP contribution in [0.15, 0.2) is 36.9 Å². The van der Waals surface area contributed by atoms with Gasteiger partial charge in [-0.1, -0.05) is 12.1 Å². The molecule has 1 aromatic heterocycles. The van der Waals surface area contributed by atoms with E-state index >= 15 is 0 Å². The van der Waals surface area contributed by atoms with E-state index in [-0.39, 0.29) is 5.75 Å². The minimum atomic E-state index is -4.54. The first-order chi connectivity index (χ1) is 11.4. The third kappa shape index (κ3) is 4.97. The van der Waals surface area contributed by atoms with Crippen molar-refractivity contribution in [2.45, 2.75) is 32.2 Å². The van der Waals surface area contributed by atoms with E-state index in [1.54, 1.807) is 11.0 Å². The minimum Gasteiger partial charge on any atom is -0.480 e. The van der Waals surface area contributed by atoms with E-state index in [2.05, 4.69) is 15.4 Å². The van der Waals surface area contributed by atoms with E-state index in [0.29, 0.717) is 19.5 Å². The molecule has 1 aromatic carbocycles. The van der Waals surface area contributed by atoms with E-state index < -0.39 is 23.8 Å². The molecule has 0 saturated carbocycles. The highest BCUT2D eigenvalue weighted by Crippen LogP contribution is 2.36. The summed E-state index contributed by atoms with van der Waals surface area (Å²) in [5, 5.41) is 6.53. The third-order valence-electron chi connectivity index (χ3n) is 3.20. The van der Waals surface area contributed by atoms with Crippen molar-refractivity contribution in [2.75, 3.05) is 6.54 Å². The van der Waals surface area contributed by atoms with Crippen molar-refractivity contribution in [1.82, 2.24) is 20.1 Å². The van der Waals surface area contributed by atoms with Crippen LogP contribution in [0.5, 0.6) is 5.75 Å². The molecule has 0 fully saturated rings. The molecule has 0 saturated heterocycles. The van der Waals surface area contributed by atoms with Gasteiger partial charge in [-0.05, 0) is 25.5 Å². The number of para-hydroxylation sites is 1. The average molecular weight is 342 g/mol. The van der Waals surface area contributed by atoms with Crippen molar-refractivity contribution < 1.29 is 22.7 Å². The molecular formula is C15H17F3N4O2. The Morgan fingerprint density at radius 3 is 2.79 bits per heavy atom. The quantitative estimate of drug-likeness (QED) is 0.784. The SMILES string of the molecule is CC(Oc1ccccc1C(F)(F)F)C(=O)NCCCn1cncn1. The monoisotopic (exact) mass is 342 g/mol.